The molecule has 26 heavy (non-hydrogen) atoms. The van der Waals surface area contributed by atoms with Gasteiger partial charge in [-0.25, -0.2) is 0 Å². The summed E-state index contributed by atoms with van der Waals surface area (Å²) in [5, 5.41) is 13.8. The van der Waals surface area contributed by atoms with Gasteiger partial charge in [-0.15, -0.1) is 0 Å². The largest absolute Gasteiger partial charge is 0.460 e. The van der Waals surface area contributed by atoms with Gasteiger partial charge in [-0.3, -0.25) is 4.79 Å². The summed E-state index contributed by atoms with van der Waals surface area (Å²) in [6, 6.07) is -0.903. The van der Waals surface area contributed by atoms with E-state index in [0.29, 0.717) is 13.2 Å². The van der Waals surface area contributed by atoms with E-state index in [-0.39, 0.29) is 13.2 Å². The highest BCUT2D eigenvalue weighted by molar-refractivity contribution is 5.66. The highest BCUT2D eigenvalue weighted by Crippen LogP contribution is 2.13. The second-order valence-electron chi connectivity index (χ2n) is 6.01. The van der Waals surface area contributed by atoms with Gasteiger partial charge in [-0.1, -0.05) is 31.8 Å². The zero-order valence-corrected chi connectivity index (χ0v) is 16.3. The number of aliphatic hydroxyl groups is 1. The van der Waals surface area contributed by atoms with Crippen LogP contribution in [0.4, 0.5) is 0 Å². The highest BCUT2D eigenvalue weighted by atomic mass is 16.6. The number of nitrogens with zero attached hydrogens (tertiary/aromatic N) is 3. The van der Waals surface area contributed by atoms with Gasteiger partial charge >= 0.3 is 5.97 Å². The summed E-state index contributed by atoms with van der Waals surface area (Å²) in [5.41, 5.74) is 8.69. The summed E-state index contributed by atoms with van der Waals surface area (Å²) in [6.07, 6.45) is 1.00. The van der Waals surface area contributed by atoms with Crippen molar-refractivity contribution in [3.05, 3.63) is 10.4 Å². The van der Waals surface area contributed by atoms with Crippen molar-refractivity contribution >= 4 is 5.97 Å². The van der Waals surface area contributed by atoms with E-state index in [1.165, 1.54) is 6.92 Å². The number of aliphatic hydroxyl groups excluding tert-OH is 1. The number of rotatable bonds is 16. The van der Waals surface area contributed by atoms with Gasteiger partial charge in [-0.2, -0.15) is 0 Å². The Morgan fingerprint density at radius 3 is 2.23 bits per heavy atom. The molecule has 0 saturated heterocycles. The van der Waals surface area contributed by atoms with E-state index in [9.17, 15) is 9.90 Å². The van der Waals surface area contributed by atoms with Gasteiger partial charge in [0.25, 0.3) is 0 Å². The summed E-state index contributed by atoms with van der Waals surface area (Å²) >= 11 is 0. The molecular weight excluding hydrogens is 342 g/mol. The summed E-state index contributed by atoms with van der Waals surface area (Å²) in [7, 11) is 0. The zero-order chi connectivity index (χ0) is 19.8. The molecule has 0 fully saturated rings. The molecule has 4 atom stereocenters. The molecule has 0 amide bonds. The first-order valence-corrected chi connectivity index (χ1v) is 9.16. The summed E-state index contributed by atoms with van der Waals surface area (Å²) in [5.74, 6) is -0.455. The normalized spacial score (nSPS) is 15.6. The van der Waals surface area contributed by atoms with Crippen LogP contribution >= 0.6 is 0 Å². The van der Waals surface area contributed by atoms with Crippen LogP contribution in [-0.4, -0.2) is 62.0 Å². The second kappa shape index (κ2) is 15.8. The minimum atomic E-state index is -1.40. The second-order valence-corrected chi connectivity index (χ2v) is 6.01. The molecule has 0 aromatic rings. The zero-order valence-electron chi connectivity index (χ0n) is 16.3. The van der Waals surface area contributed by atoms with Crippen molar-refractivity contribution in [1.29, 1.82) is 0 Å². The van der Waals surface area contributed by atoms with Crippen LogP contribution in [0.25, 0.3) is 10.4 Å². The summed E-state index contributed by atoms with van der Waals surface area (Å²) < 4.78 is 21.6. The third kappa shape index (κ3) is 12.1. The molecule has 9 heteroatoms. The maximum atomic E-state index is 11.2. The lowest BCUT2D eigenvalue weighted by Gasteiger charge is -2.28. The Kier molecular flexibility index (Phi) is 15.0. The van der Waals surface area contributed by atoms with Crippen molar-refractivity contribution in [3.63, 3.8) is 0 Å². The number of hydrogen-bond acceptors (Lipinski definition) is 7. The average molecular weight is 375 g/mol. The van der Waals surface area contributed by atoms with Gasteiger partial charge in [0.2, 0.25) is 0 Å². The summed E-state index contributed by atoms with van der Waals surface area (Å²) in [6.45, 7) is 8.26. The minimum absolute atomic E-state index is 0.0383. The molecule has 0 aliphatic rings. The number of ether oxygens (including phenoxy) is 4. The smallest absolute Gasteiger partial charge is 0.302 e. The molecule has 2 unspecified atom stereocenters. The fourth-order valence-corrected chi connectivity index (χ4v) is 2.03. The molecule has 0 radical (unpaired) electrons. The number of carbonyl (C=O) groups is 1. The summed E-state index contributed by atoms with van der Waals surface area (Å²) in [4.78, 5) is 13.9. The lowest BCUT2D eigenvalue weighted by molar-refractivity contribution is -0.201. The van der Waals surface area contributed by atoms with Crippen LogP contribution in [0.3, 0.4) is 0 Å². The Balaban J connectivity index is 4.76. The van der Waals surface area contributed by atoms with Gasteiger partial charge in [0.05, 0.1) is 13.2 Å². The van der Waals surface area contributed by atoms with Crippen molar-refractivity contribution in [2.75, 3.05) is 26.4 Å². The molecule has 0 aliphatic heterocycles. The molecule has 152 valence electrons. The Labute approximate surface area is 155 Å². The van der Waals surface area contributed by atoms with Gasteiger partial charge in [-0.05, 0) is 25.3 Å². The van der Waals surface area contributed by atoms with Crippen LogP contribution in [0.5, 0.6) is 0 Å². The van der Waals surface area contributed by atoms with E-state index in [1.54, 1.807) is 6.92 Å². The molecular formula is C17H33N3O6. The third-order valence-electron chi connectivity index (χ3n) is 3.57. The lowest BCUT2D eigenvalue weighted by atomic mass is 10.2. The van der Waals surface area contributed by atoms with E-state index >= 15 is 0 Å². The molecule has 0 bridgehead atoms. The highest BCUT2D eigenvalue weighted by Gasteiger charge is 2.28. The first kappa shape index (κ1) is 24.6. The Morgan fingerprint density at radius 2 is 1.73 bits per heavy atom. The van der Waals surface area contributed by atoms with E-state index in [0.717, 1.165) is 25.7 Å². The van der Waals surface area contributed by atoms with Crippen molar-refractivity contribution in [2.24, 2.45) is 5.11 Å². The molecule has 0 saturated carbocycles. The van der Waals surface area contributed by atoms with Crippen molar-refractivity contribution < 1.29 is 28.8 Å². The molecule has 1 N–H and O–H groups in total. The lowest BCUT2D eigenvalue weighted by Crippen LogP contribution is -2.42. The quantitative estimate of drug-likeness (QED) is 0.110. The minimum Gasteiger partial charge on any atom is -0.460 e. The van der Waals surface area contributed by atoms with E-state index in [1.807, 2.05) is 13.8 Å². The van der Waals surface area contributed by atoms with Gasteiger partial charge in [0.1, 0.15) is 18.2 Å². The molecule has 0 rings (SSSR count). The topological polar surface area (TPSA) is 123 Å². The fraction of sp³-hybridized carbons (Fsp3) is 0.941. The standard InChI is InChI=1S/C17H33N3O6/c1-5-7-9-23-11-15(19-20-18)17(22)26-16(12-24-10-8-6-2)13(3)25-14(4)21/h13,15-17,22H,5-12H2,1-4H3/t13-,15-,16?,17?/m0/s1. The Hall–Kier alpha value is -1.38. The number of unbranched alkanes of at least 4 members (excludes halogenated alkanes) is 2. The van der Waals surface area contributed by atoms with E-state index in [2.05, 4.69) is 10.0 Å². The SMILES string of the molecule is CCCCOCC(OC(O)[C@H](COCCCC)N=[N+]=[N-])[C@H](C)OC(C)=O. The number of azide groups is 1. The van der Waals surface area contributed by atoms with Crippen LogP contribution in [-0.2, 0) is 23.7 Å². The predicted octanol–water partition coefficient (Wildman–Crippen LogP) is 2.95. The molecule has 9 nitrogen and oxygen atoms in total. The Bertz CT molecular complexity index is 417. The number of hydrogen-bond donors (Lipinski definition) is 1. The van der Waals surface area contributed by atoms with Crippen molar-refractivity contribution in [1.82, 2.24) is 0 Å². The molecule has 0 aromatic carbocycles. The maximum Gasteiger partial charge on any atom is 0.302 e. The van der Waals surface area contributed by atoms with Gasteiger partial charge < -0.3 is 24.1 Å². The van der Waals surface area contributed by atoms with Gasteiger partial charge in [0, 0.05) is 25.0 Å². The van der Waals surface area contributed by atoms with Crippen LogP contribution < -0.4 is 0 Å². The van der Waals surface area contributed by atoms with Gasteiger partial charge in [0.15, 0.2) is 6.29 Å². The first-order chi connectivity index (χ1) is 12.5. The van der Waals surface area contributed by atoms with Crippen LogP contribution in [0.15, 0.2) is 5.11 Å². The molecule has 0 spiro atoms. The van der Waals surface area contributed by atoms with Crippen LogP contribution in [0.1, 0.15) is 53.4 Å². The third-order valence-corrected chi connectivity index (χ3v) is 3.57. The average Bonchev–Trinajstić information content (AvgIpc) is 2.59. The van der Waals surface area contributed by atoms with Crippen LogP contribution in [0, 0.1) is 0 Å². The van der Waals surface area contributed by atoms with E-state index < -0.39 is 30.5 Å². The Morgan fingerprint density at radius 1 is 1.15 bits per heavy atom. The van der Waals surface area contributed by atoms with Crippen molar-refractivity contribution in [3.8, 4) is 0 Å². The molecule has 0 heterocycles. The van der Waals surface area contributed by atoms with Crippen molar-refractivity contribution in [2.45, 2.75) is 77.9 Å². The number of esters is 1. The number of carbonyl (C=O) groups excluding carboxylic acids is 1. The van der Waals surface area contributed by atoms with Crippen LogP contribution in [0.2, 0.25) is 0 Å². The first-order valence-electron chi connectivity index (χ1n) is 9.16. The fourth-order valence-electron chi connectivity index (χ4n) is 2.03. The maximum absolute atomic E-state index is 11.2. The predicted molar refractivity (Wildman–Crippen MR) is 96.5 cm³/mol. The molecule has 0 aromatic heterocycles. The van der Waals surface area contributed by atoms with E-state index in [4.69, 9.17) is 24.5 Å². The monoisotopic (exact) mass is 375 g/mol. The molecule has 0 aliphatic carbocycles.